The van der Waals surface area contributed by atoms with Gasteiger partial charge in [-0.3, -0.25) is 4.79 Å². The number of carbonyl (C=O) groups is 1. The highest BCUT2D eigenvalue weighted by Gasteiger charge is 2.44. The van der Waals surface area contributed by atoms with E-state index in [0.29, 0.717) is 25.7 Å². The lowest BCUT2D eigenvalue weighted by Gasteiger charge is -2.41. The smallest absolute Gasteiger partial charge is 0.306 e. The Balaban J connectivity index is 1.91. The van der Waals surface area contributed by atoms with Crippen LogP contribution in [-0.2, 0) is 19.0 Å². The first kappa shape index (κ1) is 21.5. The van der Waals surface area contributed by atoms with Crippen molar-refractivity contribution in [1.82, 2.24) is 0 Å². The van der Waals surface area contributed by atoms with E-state index in [4.69, 9.17) is 14.2 Å². The summed E-state index contributed by atoms with van der Waals surface area (Å²) in [5.41, 5.74) is 0. The van der Waals surface area contributed by atoms with Crippen LogP contribution in [0.5, 0.6) is 0 Å². The number of hydrogen-bond acceptors (Lipinski definition) is 8. The Morgan fingerprint density at radius 1 is 1.15 bits per heavy atom. The summed E-state index contributed by atoms with van der Waals surface area (Å²) in [5, 5.41) is 39.2. The minimum absolute atomic E-state index is 0.102. The summed E-state index contributed by atoms with van der Waals surface area (Å²) in [6, 6.07) is 0. The number of aliphatic hydroxyl groups is 4. The van der Waals surface area contributed by atoms with Crippen LogP contribution in [0.2, 0.25) is 0 Å². The van der Waals surface area contributed by atoms with Crippen LogP contribution in [0.1, 0.15) is 58.3 Å². The molecule has 26 heavy (non-hydrogen) atoms. The van der Waals surface area contributed by atoms with E-state index in [2.05, 4.69) is 6.92 Å². The number of rotatable bonds is 10. The molecule has 0 aromatic rings. The molecule has 2 heterocycles. The normalized spacial score (nSPS) is 36.1. The third-order valence-corrected chi connectivity index (χ3v) is 5.08. The first-order valence-corrected chi connectivity index (χ1v) is 9.61. The zero-order valence-electron chi connectivity index (χ0n) is 15.3. The van der Waals surface area contributed by atoms with E-state index in [-0.39, 0.29) is 18.2 Å². The molecule has 0 amide bonds. The summed E-state index contributed by atoms with van der Waals surface area (Å²) in [5.74, 6) is -0.174. The molecule has 152 valence electrons. The van der Waals surface area contributed by atoms with Gasteiger partial charge < -0.3 is 34.6 Å². The average Bonchev–Trinajstić information content (AvgIpc) is 3.05. The van der Waals surface area contributed by atoms with Crippen molar-refractivity contribution >= 4 is 5.97 Å². The van der Waals surface area contributed by atoms with Crippen LogP contribution in [-0.4, -0.2) is 75.9 Å². The van der Waals surface area contributed by atoms with Crippen LogP contribution in [0.15, 0.2) is 0 Å². The monoisotopic (exact) mass is 376 g/mol. The molecule has 8 heteroatoms. The molecule has 8 nitrogen and oxygen atoms in total. The molecule has 0 aliphatic carbocycles. The van der Waals surface area contributed by atoms with E-state index >= 15 is 0 Å². The van der Waals surface area contributed by atoms with Gasteiger partial charge in [0.1, 0.15) is 30.5 Å². The summed E-state index contributed by atoms with van der Waals surface area (Å²) in [7, 11) is 0. The van der Waals surface area contributed by atoms with Gasteiger partial charge in [-0.15, -0.1) is 0 Å². The molecule has 0 aromatic heterocycles. The van der Waals surface area contributed by atoms with Crippen molar-refractivity contribution in [2.75, 3.05) is 6.61 Å². The minimum atomic E-state index is -1.45. The maximum atomic E-state index is 11.2. The van der Waals surface area contributed by atoms with Gasteiger partial charge in [-0.25, -0.2) is 0 Å². The predicted molar refractivity (Wildman–Crippen MR) is 91.1 cm³/mol. The van der Waals surface area contributed by atoms with Crippen molar-refractivity contribution < 1.29 is 39.4 Å². The maximum absolute atomic E-state index is 11.2. The molecular formula is C18H32O8. The average molecular weight is 376 g/mol. The molecule has 2 saturated heterocycles. The number of carbonyl (C=O) groups excluding carboxylic acids is 1. The number of cyclic esters (lactones) is 1. The Labute approximate surface area is 154 Å². The highest BCUT2D eigenvalue weighted by atomic mass is 16.7. The van der Waals surface area contributed by atoms with Crippen LogP contribution in [0, 0.1) is 0 Å². The Morgan fingerprint density at radius 2 is 1.92 bits per heavy atom. The van der Waals surface area contributed by atoms with Gasteiger partial charge in [0.25, 0.3) is 0 Å². The zero-order chi connectivity index (χ0) is 19.1. The van der Waals surface area contributed by atoms with Crippen molar-refractivity contribution in [3.63, 3.8) is 0 Å². The van der Waals surface area contributed by atoms with Crippen LogP contribution in [0.4, 0.5) is 0 Å². The van der Waals surface area contributed by atoms with E-state index in [1.807, 2.05) is 0 Å². The fourth-order valence-corrected chi connectivity index (χ4v) is 3.43. The molecule has 7 atom stereocenters. The summed E-state index contributed by atoms with van der Waals surface area (Å²) in [4.78, 5) is 11.2. The zero-order valence-corrected chi connectivity index (χ0v) is 15.3. The molecule has 0 unspecified atom stereocenters. The molecule has 2 aliphatic heterocycles. The Hall–Kier alpha value is -0.770. The van der Waals surface area contributed by atoms with Crippen molar-refractivity contribution in [3.05, 3.63) is 0 Å². The van der Waals surface area contributed by atoms with Crippen molar-refractivity contribution in [2.45, 2.75) is 101 Å². The lowest BCUT2D eigenvalue weighted by Crippen LogP contribution is -2.59. The Kier molecular flexibility index (Phi) is 8.72. The molecule has 2 rings (SSSR count). The van der Waals surface area contributed by atoms with Crippen molar-refractivity contribution in [1.29, 1.82) is 0 Å². The van der Waals surface area contributed by atoms with E-state index in [9.17, 15) is 25.2 Å². The lowest BCUT2D eigenvalue weighted by atomic mass is 9.98. The summed E-state index contributed by atoms with van der Waals surface area (Å²) in [6.45, 7) is 1.62. The number of hydrogen-bond donors (Lipinski definition) is 4. The fourth-order valence-electron chi connectivity index (χ4n) is 3.43. The molecular weight excluding hydrogens is 344 g/mol. The number of ether oxygens (including phenoxy) is 3. The highest BCUT2D eigenvalue weighted by molar-refractivity contribution is 5.71. The van der Waals surface area contributed by atoms with Crippen LogP contribution < -0.4 is 0 Å². The van der Waals surface area contributed by atoms with Gasteiger partial charge in [0, 0.05) is 6.42 Å². The molecule has 2 aliphatic rings. The molecule has 0 saturated carbocycles. The highest BCUT2D eigenvalue weighted by Crippen LogP contribution is 2.27. The summed E-state index contributed by atoms with van der Waals surface area (Å²) in [6.07, 6.45) is -0.414. The van der Waals surface area contributed by atoms with E-state index in [1.165, 1.54) is 0 Å². The van der Waals surface area contributed by atoms with Gasteiger partial charge in [0.05, 0.1) is 12.7 Å². The van der Waals surface area contributed by atoms with Gasteiger partial charge in [0.2, 0.25) is 0 Å². The first-order valence-electron chi connectivity index (χ1n) is 9.61. The number of aliphatic hydroxyl groups excluding tert-OH is 4. The second kappa shape index (κ2) is 10.5. The molecule has 2 fully saturated rings. The molecule has 4 N–H and O–H groups in total. The second-order valence-electron chi connectivity index (χ2n) is 7.18. The topological polar surface area (TPSA) is 126 Å². The Bertz CT molecular complexity index is 429. The lowest BCUT2D eigenvalue weighted by molar-refractivity contribution is -0.312. The summed E-state index contributed by atoms with van der Waals surface area (Å²) >= 11 is 0. The standard InChI is InChI=1S/C18H32O8/c1-2-3-4-5-11(6-7-12-8-9-14(20)24-12)25-18-17(23)16(22)15(21)13(10-19)26-18/h11-13,15-19,21-23H,2-10H2,1H3/t11-,12-,13+,15+,16-,17+,18+/m0/s1. The SMILES string of the molecule is CCCCC[C@@H](CC[C@H]1CCC(=O)O1)O[C@@H]1O[C@H](CO)[C@@H](O)[C@H](O)[C@H]1O. The first-order chi connectivity index (χ1) is 12.5. The second-order valence-corrected chi connectivity index (χ2v) is 7.18. The molecule has 0 aromatic carbocycles. The third-order valence-electron chi connectivity index (χ3n) is 5.08. The van der Waals surface area contributed by atoms with E-state index in [0.717, 1.165) is 25.7 Å². The van der Waals surface area contributed by atoms with Gasteiger partial charge in [-0.05, 0) is 25.7 Å². The van der Waals surface area contributed by atoms with Crippen LogP contribution in [0.3, 0.4) is 0 Å². The molecule has 0 spiro atoms. The van der Waals surface area contributed by atoms with E-state index in [1.54, 1.807) is 0 Å². The number of esters is 1. The molecule has 0 bridgehead atoms. The summed E-state index contributed by atoms with van der Waals surface area (Å²) < 4.78 is 16.6. The van der Waals surface area contributed by atoms with Crippen molar-refractivity contribution in [2.24, 2.45) is 0 Å². The van der Waals surface area contributed by atoms with E-state index < -0.39 is 37.3 Å². The van der Waals surface area contributed by atoms with Crippen LogP contribution >= 0.6 is 0 Å². The molecule has 0 radical (unpaired) electrons. The van der Waals surface area contributed by atoms with Crippen molar-refractivity contribution in [3.8, 4) is 0 Å². The third kappa shape index (κ3) is 5.87. The van der Waals surface area contributed by atoms with Gasteiger partial charge in [-0.2, -0.15) is 0 Å². The Morgan fingerprint density at radius 3 is 2.54 bits per heavy atom. The maximum Gasteiger partial charge on any atom is 0.306 e. The van der Waals surface area contributed by atoms with Gasteiger partial charge in [-0.1, -0.05) is 26.2 Å². The van der Waals surface area contributed by atoms with Gasteiger partial charge in [0.15, 0.2) is 6.29 Å². The predicted octanol–water partition coefficient (Wildman–Crippen LogP) is 0.238. The quantitative estimate of drug-likeness (QED) is 0.316. The minimum Gasteiger partial charge on any atom is -0.462 e. The van der Waals surface area contributed by atoms with Crippen LogP contribution in [0.25, 0.3) is 0 Å². The largest absolute Gasteiger partial charge is 0.462 e. The van der Waals surface area contributed by atoms with Gasteiger partial charge >= 0.3 is 5.97 Å². The fraction of sp³-hybridized carbons (Fsp3) is 0.944. The number of unbranched alkanes of at least 4 members (excludes halogenated alkanes) is 2.